The highest BCUT2D eigenvalue weighted by Gasteiger charge is 2.23. The third-order valence-corrected chi connectivity index (χ3v) is 5.99. The number of hydrogen-bond donors (Lipinski definition) is 0. The fourth-order valence-corrected chi connectivity index (χ4v) is 4.37. The fraction of sp³-hybridized carbons (Fsp3) is 0.136. The lowest BCUT2D eigenvalue weighted by Crippen LogP contribution is -2.37. The SMILES string of the molecule is O=S(=O)(/N=C(/c1ccccc1)N1CCc2ccccc2C1)c1ccccc1. The van der Waals surface area contributed by atoms with Crippen LogP contribution in [0.15, 0.2) is 94.2 Å². The summed E-state index contributed by atoms with van der Waals surface area (Å²) in [5.74, 6) is 0.494. The summed E-state index contributed by atoms with van der Waals surface area (Å²) in [5, 5.41) is 0. The molecule has 136 valence electrons. The molecule has 0 unspecified atom stereocenters. The van der Waals surface area contributed by atoms with Gasteiger partial charge in [-0.15, -0.1) is 4.40 Å². The van der Waals surface area contributed by atoms with E-state index in [4.69, 9.17) is 0 Å². The fourth-order valence-electron chi connectivity index (χ4n) is 3.32. The second kappa shape index (κ2) is 7.37. The van der Waals surface area contributed by atoms with Crippen molar-refractivity contribution in [3.05, 3.63) is 102 Å². The van der Waals surface area contributed by atoms with Crippen LogP contribution < -0.4 is 0 Å². The van der Waals surface area contributed by atoms with Gasteiger partial charge in [0.25, 0.3) is 10.0 Å². The Balaban J connectivity index is 1.77. The molecule has 1 aliphatic heterocycles. The van der Waals surface area contributed by atoms with Gasteiger partial charge in [-0.1, -0.05) is 72.8 Å². The van der Waals surface area contributed by atoms with Gasteiger partial charge in [-0.2, -0.15) is 8.42 Å². The van der Waals surface area contributed by atoms with E-state index in [2.05, 4.69) is 21.4 Å². The Labute approximate surface area is 159 Å². The highest BCUT2D eigenvalue weighted by atomic mass is 32.2. The first-order valence-electron chi connectivity index (χ1n) is 8.91. The Kier molecular flexibility index (Phi) is 4.77. The van der Waals surface area contributed by atoms with Crippen LogP contribution in [-0.2, 0) is 23.0 Å². The average molecular weight is 376 g/mol. The van der Waals surface area contributed by atoms with Gasteiger partial charge in [-0.25, -0.2) is 0 Å². The molecule has 0 radical (unpaired) electrons. The van der Waals surface area contributed by atoms with Gasteiger partial charge in [0.1, 0.15) is 5.84 Å². The zero-order valence-electron chi connectivity index (χ0n) is 14.8. The molecule has 0 N–H and O–H groups in total. The minimum atomic E-state index is -3.79. The van der Waals surface area contributed by atoms with Gasteiger partial charge in [0, 0.05) is 18.7 Å². The molecule has 1 heterocycles. The zero-order valence-corrected chi connectivity index (χ0v) is 15.6. The van der Waals surface area contributed by atoms with Crippen molar-refractivity contribution in [2.24, 2.45) is 4.40 Å². The third kappa shape index (κ3) is 3.78. The van der Waals surface area contributed by atoms with E-state index in [9.17, 15) is 8.42 Å². The Morgan fingerprint density at radius 2 is 1.37 bits per heavy atom. The molecule has 0 amide bonds. The maximum atomic E-state index is 12.9. The Hall–Kier alpha value is -2.92. The van der Waals surface area contributed by atoms with E-state index in [1.165, 1.54) is 11.1 Å². The number of rotatable bonds is 3. The summed E-state index contributed by atoms with van der Waals surface area (Å²) in [7, 11) is -3.79. The second-order valence-corrected chi connectivity index (χ2v) is 8.11. The van der Waals surface area contributed by atoms with Crippen molar-refractivity contribution in [1.29, 1.82) is 0 Å². The van der Waals surface area contributed by atoms with Crippen LogP contribution in [0.25, 0.3) is 0 Å². The van der Waals surface area contributed by atoms with Gasteiger partial charge in [0.05, 0.1) is 4.90 Å². The van der Waals surface area contributed by atoms with Crippen molar-refractivity contribution in [2.45, 2.75) is 17.9 Å². The van der Waals surface area contributed by atoms with E-state index in [0.29, 0.717) is 12.4 Å². The lowest BCUT2D eigenvalue weighted by Gasteiger charge is -2.31. The monoisotopic (exact) mass is 376 g/mol. The first-order chi connectivity index (χ1) is 13.1. The molecule has 4 rings (SSSR count). The van der Waals surface area contributed by atoms with Crippen LogP contribution in [0.3, 0.4) is 0 Å². The maximum absolute atomic E-state index is 12.9. The highest BCUT2D eigenvalue weighted by Crippen LogP contribution is 2.22. The number of amidine groups is 1. The molecule has 0 fully saturated rings. The molecule has 27 heavy (non-hydrogen) atoms. The Morgan fingerprint density at radius 3 is 2.07 bits per heavy atom. The minimum absolute atomic E-state index is 0.204. The van der Waals surface area contributed by atoms with Crippen molar-refractivity contribution < 1.29 is 8.42 Å². The van der Waals surface area contributed by atoms with Gasteiger partial charge in [0.15, 0.2) is 0 Å². The molecular formula is C22H20N2O2S. The quantitative estimate of drug-likeness (QED) is 0.515. The van der Waals surface area contributed by atoms with Crippen molar-refractivity contribution >= 4 is 15.9 Å². The second-order valence-electron chi connectivity index (χ2n) is 6.51. The van der Waals surface area contributed by atoms with E-state index >= 15 is 0 Å². The van der Waals surface area contributed by atoms with Gasteiger partial charge in [-0.3, -0.25) is 0 Å². The van der Waals surface area contributed by atoms with Gasteiger partial charge in [0.2, 0.25) is 0 Å². The Morgan fingerprint density at radius 1 is 0.778 bits per heavy atom. The lowest BCUT2D eigenvalue weighted by molar-refractivity contribution is 0.395. The number of benzene rings is 3. The van der Waals surface area contributed by atoms with E-state index in [1.807, 2.05) is 42.5 Å². The van der Waals surface area contributed by atoms with Crippen LogP contribution in [-0.4, -0.2) is 25.7 Å². The van der Waals surface area contributed by atoms with Crippen molar-refractivity contribution in [3.63, 3.8) is 0 Å². The zero-order chi connectivity index (χ0) is 18.7. The molecule has 1 aliphatic rings. The van der Waals surface area contributed by atoms with Crippen LogP contribution in [0.1, 0.15) is 16.7 Å². The Bertz CT molecular complexity index is 1060. The van der Waals surface area contributed by atoms with E-state index in [0.717, 1.165) is 18.5 Å². The molecule has 3 aromatic rings. The molecule has 5 heteroatoms. The predicted molar refractivity (Wildman–Crippen MR) is 107 cm³/mol. The summed E-state index contributed by atoms with van der Waals surface area (Å²) in [5.41, 5.74) is 3.33. The summed E-state index contributed by atoms with van der Waals surface area (Å²) in [6.07, 6.45) is 0.868. The van der Waals surface area contributed by atoms with Crippen molar-refractivity contribution in [2.75, 3.05) is 6.54 Å². The lowest BCUT2D eigenvalue weighted by atomic mass is 9.99. The molecule has 3 aromatic carbocycles. The number of nitrogens with zero attached hydrogens (tertiary/aromatic N) is 2. The number of hydrogen-bond acceptors (Lipinski definition) is 2. The summed E-state index contributed by atoms with van der Waals surface area (Å²) >= 11 is 0. The van der Waals surface area contributed by atoms with E-state index < -0.39 is 10.0 Å². The highest BCUT2D eigenvalue weighted by molar-refractivity contribution is 7.90. The standard InChI is InChI=1S/C22H20N2O2S/c25-27(26,21-13-5-2-6-14-21)23-22(19-10-3-1-4-11-19)24-16-15-18-9-7-8-12-20(18)17-24/h1-14H,15-17H2/b23-22-. The van der Waals surface area contributed by atoms with Crippen LogP contribution in [0.2, 0.25) is 0 Å². The molecule has 4 nitrogen and oxygen atoms in total. The summed E-state index contributed by atoms with van der Waals surface area (Å²) in [4.78, 5) is 2.26. The summed E-state index contributed by atoms with van der Waals surface area (Å²) in [6.45, 7) is 1.38. The molecule has 0 saturated carbocycles. The van der Waals surface area contributed by atoms with Gasteiger partial charge < -0.3 is 4.90 Å². The molecular weight excluding hydrogens is 356 g/mol. The third-order valence-electron chi connectivity index (χ3n) is 4.71. The van der Waals surface area contributed by atoms with Crippen molar-refractivity contribution in [1.82, 2.24) is 4.90 Å². The maximum Gasteiger partial charge on any atom is 0.284 e. The smallest absolute Gasteiger partial charge is 0.284 e. The molecule has 0 aromatic heterocycles. The van der Waals surface area contributed by atoms with E-state index in [-0.39, 0.29) is 4.90 Å². The normalized spacial score (nSPS) is 14.7. The largest absolute Gasteiger partial charge is 0.351 e. The van der Waals surface area contributed by atoms with E-state index in [1.54, 1.807) is 30.3 Å². The molecule has 0 aliphatic carbocycles. The number of sulfonamides is 1. The first-order valence-corrected chi connectivity index (χ1v) is 10.3. The molecule has 0 spiro atoms. The summed E-state index contributed by atoms with van der Waals surface area (Å²) in [6, 6.07) is 26.2. The first kappa shape index (κ1) is 17.5. The van der Waals surface area contributed by atoms with Crippen LogP contribution >= 0.6 is 0 Å². The van der Waals surface area contributed by atoms with Crippen LogP contribution in [0, 0.1) is 0 Å². The minimum Gasteiger partial charge on any atom is -0.351 e. The van der Waals surface area contributed by atoms with Crippen LogP contribution in [0.4, 0.5) is 0 Å². The van der Waals surface area contributed by atoms with Gasteiger partial charge >= 0.3 is 0 Å². The molecule has 0 atom stereocenters. The van der Waals surface area contributed by atoms with Crippen molar-refractivity contribution in [3.8, 4) is 0 Å². The molecule has 0 saturated heterocycles. The van der Waals surface area contributed by atoms with Gasteiger partial charge in [-0.05, 0) is 29.7 Å². The average Bonchev–Trinajstić information content (AvgIpc) is 2.73. The number of fused-ring (bicyclic) bond motifs is 1. The topological polar surface area (TPSA) is 49.7 Å². The van der Waals surface area contributed by atoms with Crippen LogP contribution in [0.5, 0.6) is 0 Å². The summed E-state index contributed by atoms with van der Waals surface area (Å²) < 4.78 is 30.0. The predicted octanol–water partition coefficient (Wildman–Crippen LogP) is 3.88. The molecule has 0 bridgehead atoms.